The first-order valence-electron chi connectivity index (χ1n) is 6.80. The number of thioether (sulfide) groups is 1. The SMILES string of the molecule is CCOc1ccccc1C(CSc1cccc(F)c1)NN. The second-order valence-electron chi connectivity index (χ2n) is 4.46. The van der Waals surface area contributed by atoms with Crippen LogP contribution in [-0.4, -0.2) is 12.4 Å². The largest absolute Gasteiger partial charge is 0.494 e. The molecule has 0 radical (unpaired) electrons. The first-order valence-corrected chi connectivity index (χ1v) is 7.79. The molecule has 21 heavy (non-hydrogen) atoms. The van der Waals surface area contributed by atoms with Gasteiger partial charge in [-0.25, -0.2) is 4.39 Å². The van der Waals surface area contributed by atoms with E-state index < -0.39 is 0 Å². The van der Waals surface area contributed by atoms with Crippen molar-refractivity contribution in [3.63, 3.8) is 0 Å². The topological polar surface area (TPSA) is 47.3 Å². The van der Waals surface area contributed by atoms with Crippen LogP contribution in [-0.2, 0) is 0 Å². The third-order valence-electron chi connectivity index (χ3n) is 3.01. The van der Waals surface area contributed by atoms with Crippen molar-refractivity contribution in [2.45, 2.75) is 17.9 Å². The van der Waals surface area contributed by atoms with E-state index in [0.717, 1.165) is 16.2 Å². The smallest absolute Gasteiger partial charge is 0.124 e. The van der Waals surface area contributed by atoms with Gasteiger partial charge in [-0.2, -0.15) is 0 Å². The van der Waals surface area contributed by atoms with E-state index in [9.17, 15) is 4.39 Å². The highest BCUT2D eigenvalue weighted by Gasteiger charge is 2.15. The first-order chi connectivity index (χ1) is 10.2. The summed E-state index contributed by atoms with van der Waals surface area (Å²) in [4.78, 5) is 0.879. The van der Waals surface area contributed by atoms with Crippen LogP contribution >= 0.6 is 11.8 Å². The summed E-state index contributed by atoms with van der Waals surface area (Å²) in [6.45, 7) is 2.55. The fraction of sp³-hybridized carbons (Fsp3) is 0.250. The van der Waals surface area contributed by atoms with Gasteiger partial charge in [-0.15, -0.1) is 11.8 Å². The van der Waals surface area contributed by atoms with E-state index >= 15 is 0 Å². The molecule has 1 atom stereocenters. The molecule has 0 aliphatic carbocycles. The van der Waals surface area contributed by atoms with Gasteiger partial charge in [-0.05, 0) is 31.2 Å². The maximum atomic E-state index is 13.2. The summed E-state index contributed by atoms with van der Waals surface area (Å²) in [5.74, 6) is 6.95. The Morgan fingerprint density at radius 3 is 2.76 bits per heavy atom. The van der Waals surface area contributed by atoms with E-state index in [1.54, 1.807) is 17.8 Å². The van der Waals surface area contributed by atoms with Gasteiger partial charge in [0.15, 0.2) is 0 Å². The molecule has 112 valence electrons. The van der Waals surface area contributed by atoms with Gasteiger partial charge in [0, 0.05) is 16.2 Å². The standard InChI is InChI=1S/C16H19FN2OS/c1-2-20-16-9-4-3-8-14(16)15(19-18)11-21-13-7-5-6-12(17)10-13/h3-10,15,19H,2,11,18H2,1H3. The van der Waals surface area contributed by atoms with Crippen LogP contribution in [0.15, 0.2) is 53.4 Å². The first kappa shape index (κ1) is 15.8. The average Bonchev–Trinajstić information content (AvgIpc) is 2.50. The maximum absolute atomic E-state index is 13.2. The van der Waals surface area contributed by atoms with Gasteiger partial charge in [-0.3, -0.25) is 11.3 Å². The summed E-state index contributed by atoms with van der Waals surface area (Å²) in [5.41, 5.74) is 3.81. The molecule has 0 saturated carbocycles. The number of hydrazine groups is 1. The van der Waals surface area contributed by atoms with Crippen LogP contribution in [0, 0.1) is 5.82 Å². The van der Waals surface area contributed by atoms with Gasteiger partial charge in [0.1, 0.15) is 11.6 Å². The lowest BCUT2D eigenvalue weighted by molar-refractivity contribution is 0.333. The summed E-state index contributed by atoms with van der Waals surface area (Å²) >= 11 is 1.55. The number of benzene rings is 2. The molecule has 0 saturated heterocycles. The Labute approximate surface area is 128 Å². The van der Waals surface area contributed by atoms with Crippen molar-refractivity contribution in [3.05, 3.63) is 59.9 Å². The van der Waals surface area contributed by atoms with Crippen LogP contribution in [0.3, 0.4) is 0 Å². The third kappa shape index (κ3) is 4.46. The highest BCUT2D eigenvalue weighted by Crippen LogP contribution is 2.30. The minimum atomic E-state index is -0.230. The van der Waals surface area contributed by atoms with Crippen molar-refractivity contribution in [1.82, 2.24) is 5.43 Å². The lowest BCUT2D eigenvalue weighted by Gasteiger charge is -2.19. The molecular formula is C16H19FN2OS. The van der Waals surface area contributed by atoms with Crippen LogP contribution in [0.4, 0.5) is 4.39 Å². The lowest BCUT2D eigenvalue weighted by atomic mass is 10.1. The number of halogens is 1. The number of hydrogen-bond donors (Lipinski definition) is 2. The summed E-state index contributed by atoms with van der Waals surface area (Å²) in [7, 11) is 0. The van der Waals surface area contributed by atoms with E-state index in [-0.39, 0.29) is 11.9 Å². The molecule has 0 aliphatic heterocycles. The molecule has 0 heterocycles. The maximum Gasteiger partial charge on any atom is 0.124 e. The quantitative estimate of drug-likeness (QED) is 0.467. The molecular weight excluding hydrogens is 287 g/mol. The molecule has 2 rings (SSSR count). The summed E-state index contributed by atoms with van der Waals surface area (Å²) in [6, 6.07) is 14.3. The summed E-state index contributed by atoms with van der Waals surface area (Å²) < 4.78 is 18.8. The average molecular weight is 306 g/mol. The molecule has 0 aromatic heterocycles. The molecule has 1 unspecified atom stereocenters. The van der Waals surface area contributed by atoms with Gasteiger partial charge in [0.05, 0.1) is 12.6 Å². The Kier molecular flexibility index (Phi) is 6.04. The Bertz CT molecular complexity index is 580. The molecule has 0 fully saturated rings. The fourth-order valence-electron chi connectivity index (χ4n) is 2.02. The van der Waals surface area contributed by atoms with E-state index in [2.05, 4.69) is 5.43 Å². The Hall–Kier alpha value is -1.56. The normalized spacial score (nSPS) is 12.1. The van der Waals surface area contributed by atoms with Gasteiger partial charge in [0.25, 0.3) is 0 Å². The molecule has 0 aliphatic rings. The second kappa shape index (κ2) is 8.02. The monoisotopic (exact) mass is 306 g/mol. The number of para-hydroxylation sites is 1. The van der Waals surface area contributed by atoms with E-state index in [1.807, 2.05) is 37.3 Å². The van der Waals surface area contributed by atoms with Gasteiger partial charge < -0.3 is 4.74 Å². The summed E-state index contributed by atoms with van der Waals surface area (Å²) in [6.07, 6.45) is 0. The van der Waals surface area contributed by atoms with Gasteiger partial charge in [-0.1, -0.05) is 24.3 Å². The number of nitrogens with one attached hydrogen (secondary N) is 1. The third-order valence-corrected chi connectivity index (χ3v) is 4.10. The zero-order valence-electron chi connectivity index (χ0n) is 11.9. The van der Waals surface area contributed by atoms with Crippen molar-refractivity contribution >= 4 is 11.8 Å². The molecule has 2 aromatic carbocycles. The molecule has 0 spiro atoms. The van der Waals surface area contributed by atoms with Crippen molar-refractivity contribution in [3.8, 4) is 5.75 Å². The molecule has 3 N–H and O–H groups in total. The van der Waals surface area contributed by atoms with Crippen molar-refractivity contribution in [2.24, 2.45) is 5.84 Å². The van der Waals surface area contributed by atoms with Gasteiger partial charge in [0.2, 0.25) is 0 Å². The molecule has 0 bridgehead atoms. The fourth-order valence-corrected chi connectivity index (χ4v) is 3.02. The zero-order valence-corrected chi connectivity index (χ0v) is 12.7. The van der Waals surface area contributed by atoms with Crippen LogP contribution in [0.2, 0.25) is 0 Å². The zero-order chi connectivity index (χ0) is 15.1. The number of nitrogens with two attached hydrogens (primary N) is 1. The predicted molar refractivity (Wildman–Crippen MR) is 84.8 cm³/mol. The number of rotatable bonds is 7. The Balaban J connectivity index is 2.09. The highest BCUT2D eigenvalue weighted by atomic mass is 32.2. The van der Waals surface area contributed by atoms with Crippen LogP contribution < -0.4 is 16.0 Å². The Morgan fingerprint density at radius 2 is 2.05 bits per heavy atom. The lowest BCUT2D eigenvalue weighted by Crippen LogP contribution is -2.30. The number of hydrogen-bond acceptors (Lipinski definition) is 4. The van der Waals surface area contributed by atoms with Crippen molar-refractivity contribution in [2.75, 3.05) is 12.4 Å². The Morgan fingerprint density at radius 1 is 1.24 bits per heavy atom. The number of ether oxygens (including phenoxy) is 1. The van der Waals surface area contributed by atoms with Crippen LogP contribution in [0.5, 0.6) is 5.75 Å². The van der Waals surface area contributed by atoms with Crippen molar-refractivity contribution in [1.29, 1.82) is 0 Å². The predicted octanol–water partition coefficient (Wildman–Crippen LogP) is 3.52. The molecule has 0 amide bonds. The second-order valence-corrected chi connectivity index (χ2v) is 5.55. The highest BCUT2D eigenvalue weighted by molar-refractivity contribution is 7.99. The van der Waals surface area contributed by atoms with Crippen LogP contribution in [0.1, 0.15) is 18.5 Å². The van der Waals surface area contributed by atoms with E-state index in [0.29, 0.717) is 12.4 Å². The van der Waals surface area contributed by atoms with Crippen molar-refractivity contribution < 1.29 is 9.13 Å². The van der Waals surface area contributed by atoms with E-state index in [1.165, 1.54) is 12.1 Å². The minimum absolute atomic E-state index is 0.0685. The summed E-state index contributed by atoms with van der Waals surface area (Å²) in [5, 5.41) is 0. The van der Waals surface area contributed by atoms with Crippen LogP contribution in [0.25, 0.3) is 0 Å². The molecule has 5 heteroatoms. The molecule has 2 aromatic rings. The minimum Gasteiger partial charge on any atom is -0.494 e. The van der Waals surface area contributed by atoms with Gasteiger partial charge >= 0.3 is 0 Å². The molecule has 3 nitrogen and oxygen atoms in total. The van der Waals surface area contributed by atoms with E-state index in [4.69, 9.17) is 10.6 Å².